The fourth-order valence-corrected chi connectivity index (χ4v) is 13.8. The van der Waals surface area contributed by atoms with Gasteiger partial charge in [0.15, 0.2) is 56.2 Å². The highest BCUT2D eigenvalue weighted by Gasteiger charge is 2.61. The summed E-state index contributed by atoms with van der Waals surface area (Å²) >= 11 is 0. The van der Waals surface area contributed by atoms with Crippen molar-refractivity contribution in [3.8, 4) is 17.2 Å². The molecule has 14 bridgehead atoms. The number of nitrogens with zero attached hydrogens (tertiary/aromatic N) is 6. The van der Waals surface area contributed by atoms with Gasteiger partial charge in [-0.3, -0.25) is 60.7 Å². The van der Waals surface area contributed by atoms with Crippen molar-refractivity contribution in [3.05, 3.63) is 115 Å². The molecular weight excluding hydrogens is 1560 g/mol. The third kappa shape index (κ3) is 17.7. The lowest BCUT2D eigenvalue weighted by Crippen LogP contribution is -2.69. The maximum Gasteiger partial charge on any atom is 0.349 e. The first-order valence-electron chi connectivity index (χ1n) is 33.9. The molecule has 21 aliphatic rings. The Balaban J connectivity index is 1.04. The zero-order valence-corrected chi connectivity index (χ0v) is 57.4. The quantitative estimate of drug-likeness (QED) is 0.0391. The Bertz CT molecular complexity index is 3830. The van der Waals surface area contributed by atoms with Crippen molar-refractivity contribution in [1.29, 1.82) is 0 Å². The summed E-state index contributed by atoms with van der Waals surface area (Å²) in [6, 6.07) is 5.18. The number of hydrogen-bond donors (Lipinski definition) is 18. The van der Waals surface area contributed by atoms with Crippen LogP contribution in [0.25, 0.3) is 0 Å². The molecule has 0 saturated carbocycles. The Morgan fingerprint density at radius 2 is 0.469 bits per heavy atom. The lowest BCUT2D eigenvalue weighted by Gasteiger charge is -2.51. The summed E-state index contributed by atoms with van der Waals surface area (Å²) in [4.78, 5) is 66.3. The summed E-state index contributed by atoms with van der Waals surface area (Å²) in [5, 5.41) is 279. The van der Waals surface area contributed by atoms with E-state index in [1.165, 1.54) is 0 Å². The summed E-state index contributed by atoms with van der Waals surface area (Å²) < 4.78 is 101. The minimum Gasteiger partial charge on any atom is -0.491 e. The maximum absolute atomic E-state index is 12.6. The Morgan fingerprint density at radius 1 is 0.257 bits per heavy atom. The summed E-state index contributed by atoms with van der Waals surface area (Å²) in [6.07, 6.45) is -80.2. The van der Waals surface area contributed by atoms with E-state index in [2.05, 4.69) is 0 Å². The van der Waals surface area contributed by atoms with Gasteiger partial charge in [0, 0.05) is 18.2 Å². The highest BCUT2D eigenvalue weighted by atomic mass is 16.8. The van der Waals surface area contributed by atoms with Gasteiger partial charge in [-0.2, -0.15) is 0 Å². The van der Waals surface area contributed by atoms with Crippen LogP contribution in [0.2, 0.25) is 0 Å². The second-order valence-corrected chi connectivity index (χ2v) is 26.5. The molecule has 0 aliphatic carbocycles. The molecule has 53 heteroatoms. The van der Waals surface area contributed by atoms with Gasteiger partial charge in [-0.15, -0.1) is 0 Å². The van der Waals surface area contributed by atoms with Crippen LogP contribution < -0.4 is 14.2 Å². The molecule has 113 heavy (non-hydrogen) atoms. The van der Waals surface area contributed by atoms with E-state index in [0.29, 0.717) is 48.5 Å². The molecule has 53 nitrogen and oxygen atoms in total. The van der Waals surface area contributed by atoms with Gasteiger partial charge >= 0.3 is 34.1 Å². The van der Waals surface area contributed by atoms with Crippen molar-refractivity contribution in [1.82, 2.24) is 0 Å². The van der Waals surface area contributed by atoms with Gasteiger partial charge in [0.25, 0.3) is 0 Å². The summed E-state index contributed by atoms with van der Waals surface area (Å²) in [5.74, 6) is -2.37. The fourth-order valence-electron chi connectivity index (χ4n) is 13.8. The van der Waals surface area contributed by atoms with Crippen LogP contribution >= 0.6 is 0 Å². The molecule has 0 amide bonds. The molecule has 35 unspecified atom stereocenters. The van der Waals surface area contributed by atoms with Crippen molar-refractivity contribution >= 4 is 34.1 Å². The Kier molecular flexibility index (Phi) is 27.5. The van der Waals surface area contributed by atoms with Crippen molar-refractivity contribution in [2.75, 3.05) is 46.2 Å². The Morgan fingerprint density at radius 3 is 0.717 bits per heavy atom. The van der Waals surface area contributed by atoms with Gasteiger partial charge in [0.2, 0.25) is 0 Å². The van der Waals surface area contributed by atoms with E-state index >= 15 is 0 Å². The smallest absolute Gasteiger partial charge is 0.349 e. The number of benzene rings is 3. The van der Waals surface area contributed by atoms with Crippen LogP contribution in [0.3, 0.4) is 0 Å². The van der Waals surface area contributed by atoms with E-state index in [1.54, 1.807) is 0 Å². The van der Waals surface area contributed by atoms with Crippen LogP contribution in [0.1, 0.15) is 0 Å². The molecule has 0 aromatic heterocycles. The molecule has 21 heterocycles. The zero-order valence-electron chi connectivity index (χ0n) is 57.4. The minimum atomic E-state index is -2.64. The molecule has 628 valence electrons. The first-order chi connectivity index (χ1) is 53.7. The van der Waals surface area contributed by atoms with Gasteiger partial charge in [0.1, 0.15) is 183 Å². The fraction of sp³-hybridized carbons (Fsp3) is 0.700. The average Bonchev–Trinajstić information content (AvgIpc) is 0.789. The number of ether oxygens (including phenoxy) is 17. The number of nitro groups is 6. The Hall–Kier alpha value is -7.82. The normalized spacial score (nSPS) is 41.1. The summed E-state index contributed by atoms with van der Waals surface area (Å²) in [6.45, 7) is -8.73. The number of aliphatic hydroxyl groups excluding tert-OH is 18. The molecule has 0 radical (unpaired) electrons. The lowest BCUT2D eigenvalue weighted by molar-refractivity contribution is -0.422. The number of nitro benzene ring substituents is 6. The largest absolute Gasteiger partial charge is 0.491 e. The third-order valence-electron chi connectivity index (χ3n) is 19.5. The lowest BCUT2D eigenvalue weighted by atomic mass is 9.94. The van der Waals surface area contributed by atoms with Crippen LogP contribution in [0.4, 0.5) is 34.1 Å². The molecule has 3 aromatic rings. The van der Waals surface area contributed by atoms with Crippen LogP contribution in [-0.4, -0.2) is 383 Å². The van der Waals surface area contributed by atoms with E-state index in [1.807, 2.05) is 0 Å². The van der Waals surface area contributed by atoms with Crippen molar-refractivity contribution in [2.45, 2.75) is 215 Å². The number of aliphatic hydroxyl groups is 18. The first kappa shape index (κ1) is 86.0. The number of rotatable bonds is 19. The molecule has 24 rings (SSSR count). The maximum atomic E-state index is 12.6. The zero-order chi connectivity index (χ0) is 82.2. The molecule has 21 aliphatic heterocycles. The predicted molar refractivity (Wildman–Crippen MR) is 343 cm³/mol. The highest BCUT2D eigenvalue weighted by molar-refractivity contribution is 5.57. The van der Waals surface area contributed by atoms with E-state index in [0.717, 1.165) is 6.07 Å². The standard InChI is InChI=1S/C60H76N6O47/c67-10-26-45-33(73)40(80)55(101-26)109-47-28(12-69)103-57(42(82)35(47)75)111-49-30(14-71)105-59(44(84)37(49)77)113-51-32(16-97-17-1-4-20(61(85)86)23(7-17)64(91)92)106-60(53(99-19-3-6-22(63(89)90)25(9-19)66(95)96)52(51)98-18-2-5-21(62(87)88)24(8-18)65(93)94)112-50-31(15-72)104-58(43(83)38(50)78)110-48-29(13-70)102-56(41(81)36(48)76)108-46-27(11-68)100-54(107-45)39(79)34(46)74/h1-9,26-60,67-84H,10-16H2. The van der Waals surface area contributed by atoms with Gasteiger partial charge in [-0.1, -0.05) is 0 Å². The third-order valence-corrected chi connectivity index (χ3v) is 19.5. The van der Waals surface area contributed by atoms with Crippen LogP contribution in [0, 0.1) is 60.7 Å². The van der Waals surface area contributed by atoms with Crippen molar-refractivity contribution in [3.63, 3.8) is 0 Å². The van der Waals surface area contributed by atoms with Crippen LogP contribution in [-0.2, 0) is 66.3 Å². The highest BCUT2D eigenvalue weighted by Crippen LogP contribution is 2.44. The average molecular weight is 1630 g/mol. The number of hydrogen-bond acceptors (Lipinski definition) is 47. The monoisotopic (exact) mass is 1630 g/mol. The predicted octanol–water partition coefficient (Wildman–Crippen LogP) is -9.52. The second kappa shape index (κ2) is 36.1. The molecule has 21 fully saturated rings. The summed E-state index contributed by atoms with van der Waals surface area (Å²) in [7, 11) is 0. The molecule has 0 spiro atoms. The topological polar surface area (TPSA) is 780 Å². The van der Waals surface area contributed by atoms with Crippen LogP contribution in [0.15, 0.2) is 54.6 Å². The Labute approximate surface area is 628 Å². The molecular formula is C60H76N6O47. The van der Waals surface area contributed by atoms with E-state index in [4.69, 9.17) is 80.5 Å². The van der Waals surface area contributed by atoms with Gasteiger partial charge in [-0.25, -0.2) is 0 Å². The van der Waals surface area contributed by atoms with Crippen molar-refractivity contribution < 1.29 is 202 Å². The summed E-state index contributed by atoms with van der Waals surface area (Å²) in [5.41, 5.74) is -7.37. The van der Waals surface area contributed by atoms with Crippen molar-refractivity contribution in [2.24, 2.45) is 0 Å². The SMILES string of the molecule is O=[N+]([O-])c1ccc(OCC2OC3OC4C(CO)OC(OC5C(CO)OC(OC6C(CO)OC(OC7C(CO)OC(OC8C(CO)OC(OC9C(CO)OC(OC2C(Oc2ccc([N+](=O)[O-])c([N+](=O)[O-])c2)C3Oc2ccc([N+](=O)[O-])c([N+](=O)[O-])c2)C(O)C9O)C(O)C8O)C(O)C7O)C(O)C6O)C(O)C5O)C(O)C4O)cc1[N+](=O)[O-]. The van der Waals surface area contributed by atoms with E-state index < -0.39 is 342 Å². The van der Waals surface area contributed by atoms with E-state index in [-0.39, 0.29) is 0 Å². The molecule has 18 N–H and O–H groups in total. The first-order valence-corrected chi connectivity index (χ1v) is 33.9. The molecule has 35 atom stereocenters. The van der Waals surface area contributed by atoms with Gasteiger partial charge < -0.3 is 172 Å². The second-order valence-electron chi connectivity index (χ2n) is 26.5. The minimum absolute atomic E-state index is 0.415. The molecule has 21 saturated heterocycles. The van der Waals surface area contributed by atoms with Crippen LogP contribution in [0.5, 0.6) is 17.2 Å². The van der Waals surface area contributed by atoms with Gasteiger partial charge in [0.05, 0.1) is 87.4 Å². The molecule has 3 aromatic carbocycles. The van der Waals surface area contributed by atoms with E-state index in [9.17, 15) is 153 Å². The van der Waals surface area contributed by atoms with Gasteiger partial charge in [-0.05, 0) is 18.2 Å².